The van der Waals surface area contributed by atoms with Crippen molar-refractivity contribution in [1.29, 1.82) is 0 Å². The molecule has 35 heavy (non-hydrogen) atoms. The number of hydrogen-bond donors (Lipinski definition) is 2. The van der Waals surface area contributed by atoms with Crippen LogP contribution in [-0.2, 0) is 23.1 Å². The Kier molecular flexibility index (Phi) is 5.24. The van der Waals surface area contributed by atoms with Gasteiger partial charge in [-0.25, -0.2) is 0 Å². The maximum atomic E-state index is 13.3. The molecule has 2 aliphatic carbocycles. The minimum atomic E-state index is -0.977. The molecule has 6 nitrogen and oxygen atoms in total. The molecule has 2 N–H and O–H groups in total. The average Bonchev–Trinajstić information content (AvgIpc) is 3.22. The Morgan fingerprint density at radius 2 is 2.06 bits per heavy atom. The average molecular weight is 475 g/mol. The molecule has 2 heterocycles. The second-order valence-electron chi connectivity index (χ2n) is 10.7. The van der Waals surface area contributed by atoms with Crippen molar-refractivity contribution in [2.45, 2.75) is 67.7 Å². The Labute approximate surface area is 206 Å². The van der Waals surface area contributed by atoms with Gasteiger partial charge < -0.3 is 19.8 Å². The molecule has 1 spiro atoms. The van der Waals surface area contributed by atoms with Gasteiger partial charge in [-0.05, 0) is 55.8 Å². The predicted molar refractivity (Wildman–Crippen MR) is 134 cm³/mol. The highest BCUT2D eigenvalue weighted by Gasteiger charge is 2.73. The molecule has 184 valence electrons. The van der Waals surface area contributed by atoms with Crippen molar-refractivity contribution in [3.05, 3.63) is 71.8 Å². The zero-order chi connectivity index (χ0) is 24.4. The van der Waals surface area contributed by atoms with Gasteiger partial charge in [0.05, 0.1) is 17.1 Å². The highest BCUT2D eigenvalue weighted by molar-refractivity contribution is 5.77. The monoisotopic (exact) mass is 474 g/mol. The summed E-state index contributed by atoms with van der Waals surface area (Å²) in [6.45, 7) is 5.49. The number of aromatic hydroxyl groups is 1. The number of aliphatic hydroxyl groups is 1. The first-order valence-corrected chi connectivity index (χ1v) is 12.8. The van der Waals surface area contributed by atoms with E-state index in [-0.39, 0.29) is 29.8 Å². The Bertz CT molecular complexity index is 1170. The Hall–Kier alpha value is -2.83. The first kappa shape index (κ1) is 22.6. The molecule has 2 aromatic rings. The standard InChI is InChI=1S/C29H34N2O4/c1-3-16-31-17-15-28-25-20-10-11-22(32)26(25)35-27(28)21(13-14-29(28,34)23(31)18-20)30(2)24(33)12-9-19-7-5-4-6-8-19/h3-8,10-11,21,23,27,32,34H,1,9,12-18H2,2H3/t21-,23+,27-,28-,29+/m0/s1. The zero-order valence-electron chi connectivity index (χ0n) is 20.3. The van der Waals surface area contributed by atoms with Gasteiger partial charge >= 0.3 is 0 Å². The number of rotatable bonds is 6. The maximum Gasteiger partial charge on any atom is 0.223 e. The number of nitrogens with zero attached hydrogens (tertiary/aromatic N) is 2. The van der Waals surface area contributed by atoms with E-state index >= 15 is 0 Å². The third kappa shape index (κ3) is 3.06. The molecule has 0 aromatic heterocycles. The van der Waals surface area contributed by atoms with E-state index in [0.29, 0.717) is 31.4 Å². The highest BCUT2D eigenvalue weighted by Crippen LogP contribution is 2.65. The van der Waals surface area contributed by atoms with Crippen molar-refractivity contribution in [2.24, 2.45) is 0 Å². The third-order valence-electron chi connectivity index (χ3n) is 9.27. The smallest absolute Gasteiger partial charge is 0.223 e. The Morgan fingerprint density at radius 1 is 1.26 bits per heavy atom. The van der Waals surface area contributed by atoms with Crippen LogP contribution in [0.4, 0.5) is 0 Å². The fraction of sp³-hybridized carbons (Fsp3) is 0.483. The fourth-order valence-electron chi connectivity index (χ4n) is 7.64. The number of carbonyl (C=O) groups is 1. The van der Waals surface area contributed by atoms with Gasteiger partial charge in [-0.15, -0.1) is 6.58 Å². The number of phenols is 1. The summed E-state index contributed by atoms with van der Waals surface area (Å²) in [5.74, 6) is 0.721. The lowest BCUT2D eigenvalue weighted by Crippen LogP contribution is -2.78. The number of likely N-dealkylation sites (tertiary alicyclic amines) is 1. The zero-order valence-corrected chi connectivity index (χ0v) is 20.3. The summed E-state index contributed by atoms with van der Waals surface area (Å²) in [6, 6.07) is 13.6. The summed E-state index contributed by atoms with van der Waals surface area (Å²) >= 11 is 0. The number of piperidine rings is 1. The van der Waals surface area contributed by atoms with Crippen molar-refractivity contribution < 1.29 is 19.7 Å². The largest absolute Gasteiger partial charge is 0.504 e. The molecule has 1 saturated heterocycles. The van der Waals surface area contributed by atoms with Crippen molar-refractivity contribution in [3.63, 3.8) is 0 Å². The summed E-state index contributed by atoms with van der Waals surface area (Å²) in [7, 11) is 1.87. The van der Waals surface area contributed by atoms with E-state index in [1.54, 1.807) is 6.07 Å². The normalized spacial score (nSPS) is 32.5. The Balaban J connectivity index is 1.36. The molecule has 5 atom stereocenters. The molecule has 6 heteroatoms. The first-order chi connectivity index (χ1) is 16.9. The molecule has 2 aromatic carbocycles. The van der Waals surface area contributed by atoms with E-state index in [9.17, 15) is 15.0 Å². The van der Waals surface area contributed by atoms with E-state index in [1.165, 1.54) is 0 Å². The summed E-state index contributed by atoms with van der Waals surface area (Å²) in [6.07, 6.45) is 5.36. The van der Waals surface area contributed by atoms with Crippen LogP contribution in [0.25, 0.3) is 0 Å². The van der Waals surface area contributed by atoms with Gasteiger partial charge in [0.25, 0.3) is 0 Å². The van der Waals surface area contributed by atoms with Gasteiger partial charge in [-0.3, -0.25) is 9.69 Å². The summed E-state index contributed by atoms with van der Waals surface area (Å²) in [5.41, 5.74) is 1.66. The third-order valence-corrected chi connectivity index (χ3v) is 9.27. The van der Waals surface area contributed by atoms with E-state index in [4.69, 9.17) is 4.74 Å². The minimum absolute atomic E-state index is 0.0385. The van der Waals surface area contributed by atoms with Gasteiger partial charge in [-0.2, -0.15) is 0 Å². The number of hydrogen-bond acceptors (Lipinski definition) is 5. The van der Waals surface area contributed by atoms with Crippen molar-refractivity contribution in [2.75, 3.05) is 20.1 Å². The van der Waals surface area contributed by atoms with E-state index in [1.807, 2.05) is 54.4 Å². The van der Waals surface area contributed by atoms with Gasteiger partial charge in [-0.1, -0.05) is 42.5 Å². The minimum Gasteiger partial charge on any atom is -0.504 e. The predicted octanol–water partition coefficient (Wildman–Crippen LogP) is 3.19. The highest BCUT2D eigenvalue weighted by atomic mass is 16.5. The van der Waals surface area contributed by atoms with Crippen LogP contribution in [-0.4, -0.2) is 69.8 Å². The number of amides is 1. The number of aryl methyl sites for hydroxylation is 1. The van der Waals surface area contributed by atoms with Crippen LogP contribution in [0.2, 0.25) is 0 Å². The molecule has 6 rings (SSSR count). The lowest BCUT2D eigenvalue weighted by atomic mass is 9.48. The summed E-state index contributed by atoms with van der Waals surface area (Å²) in [4.78, 5) is 17.5. The maximum absolute atomic E-state index is 13.3. The lowest BCUT2D eigenvalue weighted by molar-refractivity contribution is -0.198. The molecule has 4 aliphatic rings. The molecule has 2 bridgehead atoms. The van der Waals surface area contributed by atoms with Crippen molar-refractivity contribution in [3.8, 4) is 11.5 Å². The van der Waals surface area contributed by atoms with Crippen molar-refractivity contribution in [1.82, 2.24) is 9.80 Å². The molecule has 2 fully saturated rings. The first-order valence-electron chi connectivity index (χ1n) is 12.8. The lowest BCUT2D eigenvalue weighted by Gasteiger charge is -2.64. The molecule has 2 aliphatic heterocycles. The fourth-order valence-corrected chi connectivity index (χ4v) is 7.64. The SMILES string of the molecule is C=CCN1CC[C@]23c4c5ccc(O)c4O[C@H]2[C@@H](N(C)C(=O)CCc2ccccc2)CC[C@@]3(O)[C@H]1C5. The van der Waals surface area contributed by atoms with Gasteiger partial charge in [0.2, 0.25) is 5.91 Å². The van der Waals surface area contributed by atoms with Gasteiger partial charge in [0.15, 0.2) is 11.5 Å². The molecule has 0 radical (unpaired) electrons. The number of phenolic OH excluding ortho intramolecular Hbond substituents is 1. The van der Waals surface area contributed by atoms with Crippen LogP contribution < -0.4 is 4.74 Å². The van der Waals surface area contributed by atoms with Crippen LogP contribution in [0.5, 0.6) is 11.5 Å². The van der Waals surface area contributed by atoms with Crippen LogP contribution >= 0.6 is 0 Å². The van der Waals surface area contributed by atoms with E-state index < -0.39 is 11.0 Å². The number of likely N-dealkylation sites (N-methyl/N-ethyl adjacent to an activating group) is 1. The van der Waals surface area contributed by atoms with Crippen LogP contribution in [0.1, 0.15) is 42.4 Å². The van der Waals surface area contributed by atoms with Crippen molar-refractivity contribution >= 4 is 5.91 Å². The molecular weight excluding hydrogens is 440 g/mol. The second kappa shape index (κ2) is 8.10. The quantitative estimate of drug-likeness (QED) is 0.629. The number of ether oxygens (including phenoxy) is 1. The molecular formula is C29H34N2O4. The van der Waals surface area contributed by atoms with Crippen LogP contribution in [0.15, 0.2) is 55.1 Å². The van der Waals surface area contributed by atoms with Gasteiger partial charge in [0, 0.05) is 31.6 Å². The second-order valence-corrected chi connectivity index (χ2v) is 10.7. The Morgan fingerprint density at radius 3 is 2.83 bits per heavy atom. The van der Waals surface area contributed by atoms with E-state index in [2.05, 4.69) is 11.5 Å². The van der Waals surface area contributed by atoms with E-state index in [0.717, 1.165) is 42.6 Å². The van der Waals surface area contributed by atoms with Crippen LogP contribution in [0.3, 0.4) is 0 Å². The number of benzene rings is 2. The summed E-state index contributed by atoms with van der Waals surface area (Å²) < 4.78 is 6.57. The molecule has 0 unspecified atom stereocenters. The topological polar surface area (TPSA) is 73.2 Å². The molecule has 1 amide bonds. The molecule has 1 saturated carbocycles. The summed E-state index contributed by atoms with van der Waals surface area (Å²) in [5, 5.41) is 23.2. The number of carbonyl (C=O) groups excluding carboxylic acids is 1. The van der Waals surface area contributed by atoms with Crippen LogP contribution in [0, 0.1) is 0 Å². The van der Waals surface area contributed by atoms with Gasteiger partial charge in [0.1, 0.15) is 6.10 Å².